The normalized spacial score (nSPS) is 12.7. The second-order valence-electron chi connectivity index (χ2n) is 8.43. The zero-order chi connectivity index (χ0) is 24.2. The van der Waals surface area contributed by atoms with Gasteiger partial charge in [-0.2, -0.15) is 4.98 Å². The molecule has 1 heterocycles. The molecule has 1 saturated carbocycles. The lowest BCUT2D eigenvalue weighted by molar-refractivity contribution is -0.119. The molecule has 5 rings (SSSR count). The first-order valence-corrected chi connectivity index (χ1v) is 11.5. The van der Waals surface area contributed by atoms with E-state index in [0.717, 1.165) is 34.9 Å². The third-order valence-corrected chi connectivity index (χ3v) is 5.69. The van der Waals surface area contributed by atoms with Crippen LogP contribution in [0.25, 0.3) is 10.8 Å². The van der Waals surface area contributed by atoms with Crippen LogP contribution in [-0.4, -0.2) is 34.9 Å². The van der Waals surface area contributed by atoms with Crippen LogP contribution in [0.1, 0.15) is 28.8 Å². The highest BCUT2D eigenvalue weighted by Crippen LogP contribution is 2.28. The van der Waals surface area contributed by atoms with E-state index in [9.17, 15) is 9.59 Å². The number of ether oxygens (including phenoxy) is 1. The lowest BCUT2D eigenvalue weighted by atomic mass is 10.0. The van der Waals surface area contributed by atoms with Crippen molar-refractivity contribution >= 4 is 34.2 Å². The molecule has 8 nitrogen and oxygen atoms in total. The smallest absolute Gasteiger partial charge is 0.252 e. The van der Waals surface area contributed by atoms with E-state index in [1.807, 2.05) is 60.7 Å². The molecule has 0 radical (unpaired) electrons. The number of hydrogen-bond acceptors (Lipinski definition) is 6. The van der Waals surface area contributed by atoms with E-state index in [4.69, 9.17) is 4.74 Å². The van der Waals surface area contributed by atoms with Crippen molar-refractivity contribution in [1.82, 2.24) is 20.6 Å². The maximum atomic E-state index is 12.6. The van der Waals surface area contributed by atoms with Crippen LogP contribution >= 0.6 is 0 Å². The number of carbonyl (C=O) groups is 2. The quantitative estimate of drug-likeness (QED) is 0.356. The minimum Gasteiger partial charge on any atom is -0.439 e. The maximum Gasteiger partial charge on any atom is 0.252 e. The molecule has 176 valence electrons. The molecule has 1 aliphatic carbocycles. The van der Waals surface area contributed by atoms with Crippen molar-refractivity contribution in [2.45, 2.75) is 25.3 Å². The number of amides is 2. The van der Waals surface area contributed by atoms with Crippen LogP contribution in [0.15, 0.2) is 72.9 Å². The van der Waals surface area contributed by atoms with E-state index < -0.39 is 0 Å². The summed E-state index contributed by atoms with van der Waals surface area (Å²) in [6, 6.07) is 20.8. The molecule has 3 N–H and O–H groups in total. The average molecular weight is 468 g/mol. The molecule has 0 atom stereocenters. The molecule has 0 bridgehead atoms. The highest BCUT2D eigenvalue weighted by Gasteiger charge is 2.24. The predicted molar refractivity (Wildman–Crippen MR) is 134 cm³/mol. The van der Waals surface area contributed by atoms with Gasteiger partial charge in [0.15, 0.2) is 0 Å². The minimum atomic E-state index is -0.0557. The van der Waals surface area contributed by atoms with Gasteiger partial charge in [0.2, 0.25) is 17.7 Å². The molecular formula is C27H25N5O3. The number of nitrogens with one attached hydrogen (secondary N) is 3. The summed E-state index contributed by atoms with van der Waals surface area (Å²) in [5, 5.41) is 10.6. The number of aromatic nitrogens is 2. The van der Waals surface area contributed by atoms with Gasteiger partial charge in [0.25, 0.3) is 5.91 Å². The Morgan fingerprint density at radius 1 is 1.03 bits per heavy atom. The molecule has 0 saturated heterocycles. The van der Waals surface area contributed by atoms with Gasteiger partial charge in [0.1, 0.15) is 5.75 Å². The van der Waals surface area contributed by atoms with Gasteiger partial charge in [-0.15, -0.1) is 0 Å². The number of rotatable bonds is 8. The summed E-state index contributed by atoms with van der Waals surface area (Å²) < 4.78 is 5.99. The van der Waals surface area contributed by atoms with E-state index in [1.165, 1.54) is 0 Å². The van der Waals surface area contributed by atoms with Gasteiger partial charge in [-0.1, -0.05) is 24.3 Å². The monoisotopic (exact) mass is 467 g/mol. The van der Waals surface area contributed by atoms with E-state index >= 15 is 0 Å². The Kier molecular flexibility index (Phi) is 6.26. The van der Waals surface area contributed by atoms with Crippen LogP contribution in [0.4, 0.5) is 11.6 Å². The number of benzene rings is 3. The third kappa shape index (κ3) is 5.55. The molecular weight excluding hydrogens is 442 g/mol. The Hall–Kier alpha value is -4.46. The van der Waals surface area contributed by atoms with Crippen molar-refractivity contribution in [3.05, 3.63) is 84.1 Å². The van der Waals surface area contributed by atoms with Crippen molar-refractivity contribution in [2.75, 3.05) is 12.4 Å². The SMILES string of the molecule is CNC(=O)Cc1cccc(Nc2nccc(Oc3ccc4c(C(=O)NC5CC5)cccc4c3)n2)c1. The van der Waals surface area contributed by atoms with E-state index in [0.29, 0.717) is 35.6 Å². The summed E-state index contributed by atoms with van der Waals surface area (Å²) in [4.78, 5) is 32.9. The number of carbonyl (C=O) groups excluding carboxylic acids is 2. The van der Waals surface area contributed by atoms with Gasteiger partial charge < -0.3 is 20.7 Å². The summed E-state index contributed by atoms with van der Waals surface area (Å²) in [6.07, 6.45) is 4.00. The summed E-state index contributed by atoms with van der Waals surface area (Å²) in [7, 11) is 1.62. The molecule has 0 unspecified atom stereocenters. The number of nitrogens with zero attached hydrogens (tertiary/aromatic N) is 2. The maximum absolute atomic E-state index is 12.6. The molecule has 3 aromatic carbocycles. The molecule has 1 aliphatic rings. The molecule has 1 aromatic heterocycles. The lowest BCUT2D eigenvalue weighted by Gasteiger charge is -2.11. The van der Waals surface area contributed by atoms with Crippen LogP contribution < -0.4 is 20.7 Å². The predicted octanol–water partition coefficient (Wildman–Crippen LogP) is 4.35. The Bertz CT molecular complexity index is 1400. The Labute approximate surface area is 202 Å². The van der Waals surface area contributed by atoms with Crippen LogP contribution in [0.3, 0.4) is 0 Å². The first kappa shape index (κ1) is 22.3. The van der Waals surface area contributed by atoms with Crippen molar-refractivity contribution < 1.29 is 14.3 Å². The fourth-order valence-corrected chi connectivity index (χ4v) is 3.76. The van der Waals surface area contributed by atoms with E-state index in [-0.39, 0.29) is 11.8 Å². The Morgan fingerprint density at radius 3 is 2.71 bits per heavy atom. The standard InChI is InChI=1S/C27H25N5O3/c1-28-24(33)15-17-4-2-6-20(14-17)31-27-29-13-12-25(32-27)35-21-10-11-22-18(16-21)5-3-7-23(22)26(34)30-19-8-9-19/h2-7,10-14,16,19H,8-9,15H2,1H3,(H,28,33)(H,30,34)(H,29,31,32). The number of likely N-dealkylation sites (N-methyl/N-ethyl adjacent to an activating group) is 1. The van der Waals surface area contributed by atoms with Crippen molar-refractivity contribution in [2.24, 2.45) is 0 Å². The molecule has 0 spiro atoms. The van der Waals surface area contributed by atoms with Crippen LogP contribution in [-0.2, 0) is 11.2 Å². The zero-order valence-corrected chi connectivity index (χ0v) is 19.2. The molecule has 0 aliphatic heterocycles. The van der Waals surface area contributed by atoms with Gasteiger partial charge in [0, 0.05) is 36.6 Å². The first-order chi connectivity index (χ1) is 17.1. The number of fused-ring (bicyclic) bond motifs is 1. The fraction of sp³-hybridized carbons (Fsp3) is 0.185. The van der Waals surface area contributed by atoms with Gasteiger partial charge in [0.05, 0.1) is 6.42 Å². The van der Waals surface area contributed by atoms with Crippen molar-refractivity contribution in [1.29, 1.82) is 0 Å². The molecule has 4 aromatic rings. The number of anilines is 2. The van der Waals surface area contributed by atoms with Gasteiger partial charge >= 0.3 is 0 Å². The fourth-order valence-electron chi connectivity index (χ4n) is 3.76. The highest BCUT2D eigenvalue weighted by molar-refractivity contribution is 6.07. The Balaban J connectivity index is 1.31. The second-order valence-corrected chi connectivity index (χ2v) is 8.43. The minimum absolute atomic E-state index is 0.0438. The molecule has 1 fully saturated rings. The van der Waals surface area contributed by atoms with E-state index in [1.54, 1.807) is 19.3 Å². The second kappa shape index (κ2) is 9.80. The summed E-state index contributed by atoms with van der Waals surface area (Å²) in [6.45, 7) is 0. The molecule has 2 amide bonds. The highest BCUT2D eigenvalue weighted by atomic mass is 16.5. The number of hydrogen-bond donors (Lipinski definition) is 3. The largest absolute Gasteiger partial charge is 0.439 e. The van der Waals surface area contributed by atoms with Crippen molar-refractivity contribution in [3.63, 3.8) is 0 Å². The molecule has 8 heteroatoms. The average Bonchev–Trinajstić information content (AvgIpc) is 3.68. The first-order valence-electron chi connectivity index (χ1n) is 11.5. The summed E-state index contributed by atoms with van der Waals surface area (Å²) in [5.74, 6) is 1.26. The van der Waals surface area contributed by atoms with Gasteiger partial charge in [-0.25, -0.2) is 4.98 Å². The molecule has 35 heavy (non-hydrogen) atoms. The summed E-state index contributed by atoms with van der Waals surface area (Å²) in [5.41, 5.74) is 2.31. The van der Waals surface area contributed by atoms with Crippen molar-refractivity contribution in [3.8, 4) is 11.6 Å². The third-order valence-electron chi connectivity index (χ3n) is 5.69. The lowest BCUT2D eigenvalue weighted by Crippen LogP contribution is -2.25. The van der Waals surface area contributed by atoms with Gasteiger partial charge in [-0.3, -0.25) is 9.59 Å². The van der Waals surface area contributed by atoms with Crippen LogP contribution in [0.2, 0.25) is 0 Å². The van der Waals surface area contributed by atoms with Gasteiger partial charge in [-0.05, 0) is 65.6 Å². The topological polar surface area (TPSA) is 105 Å². The summed E-state index contributed by atoms with van der Waals surface area (Å²) >= 11 is 0. The zero-order valence-electron chi connectivity index (χ0n) is 19.2. The Morgan fingerprint density at radius 2 is 1.89 bits per heavy atom. The van der Waals surface area contributed by atoms with Crippen LogP contribution in [0.5, 0.6) is 11.6 Å². The van der Waals surface area contributed by atoms with E-state index in [2.05, 4.69) is 25.9 Å². The van der Waals surface area contributed by atoms with Crippen LogP contribution in [0, 0.1) is 0 Å².